The first-order chi connectivity index (χ1) is 8.97. The highest BCUT2D eigenvalue weighted by atomic mass is 79.9. The van der Waals surface area contributed by atoms with Crippen LogP contribution in [-0.4, -0.2) is 5.97 Å². The summed E-state index contributed by atoms with van der Waals surface area (Å²) in [7, 11) is 0. The van der Waals surface area contributed by atoms with Gasteiger partial charge < -0.3 is 4.74 Å². The zero-order valence-electron chi connectivity index (χ0n) is 9.29. The van der Waals surface area contributed by atoms with Gasteiger partial charge >= 0.3 is 5.97 Å². The van der Waals surface area contributed by atoms with Crippen LogP contribution in [0.25, 0.3) is 0 Å². The predicted molar refractivity (Wildman–Crippen MR) is 80.6 cm³/mol. The van der Waals surface area contributed by atoms with E-state index >= 15 is 0 Å². The van der Waals surface area contributed by atoms with Gasteiger partial charge in [-0.15, -0.1) is 0 Å². The molecule has 0 aliphatic heterocycles. The molecule has 2 nitrogen and oxygen atoms in total. The van der Waals surface area contributed by atoms with Gasteiger partial charge in [0, 0.05) is 9.50 Å². The van der Waals surface area contributed by atoms with E-state index in [1.165, 1.54) is 12.1 Å². The van der Waals surface area contributed by atoms with Crippen LogP contribution in [-0.2, 0) is 0 Å². The van der Waals surface area contributed by atoms with E-state index in [-0.39, 0.29) is 15.8 Å². The molecule has 0 amide bonds. The van der Waals surface area contributed by atoms with Crippen molar-refractivity contribution in [3.05, 3.63) is 61.5 Å². The first kappa shape index (κ1) is 14.7. The van der Waals surface area contributed by atoms with Crippen molar-refractivity contribution in [1.82, 2.24) is 0 Å². The summed E-state index contributed by atoms with van der Waals surface area (Å²) in [4.78, 5) is 11.9. The lowest BCUT2D eigenvalue weighted by molar-refractivity contribution is 0.0735. The van der Waals surface area contributed by atoms with Crippen molar-refractivity contribution in [2.45, 2.75) is 0 Å². The smallest absolute Gasteiger partial charge is 0.343 e. The van der Waals surface area contributed by atoms with Crippen molar-refractivity contribution in [1.29, 1.82) is 0 Å². The minimum absolute atomic E-state index is 0.0978. The minimum Gasteiger partial charge on any atom is -0.420 e. The zero-order chi connectivity index (χ0) is 14.0. The largest absolute Gasteiger partial charge is 0.420 e. The lowest BCUT2D eigenvalue weighted by Crippen LogP contribution is -2.08. The Bertz CT molecular complexity index is 603. The summed E-state index contributed by atoms with van der Waals surface area (Å²) in [6.45, 7) is 0. The number of carbonyl (C=O) groups excluding carboxylic acids is 1. The second kappa shape index (κ2) is 6.14. The molecule has 0 saturated carbocycles. The summed E-state index contributed by atoms with van der Waals surface area (Å²) in [5.41, 5.74) is 0.394. The maximum absolute atomic E-state index is 11.9. The topological polar surface area (TPSA) is 26.3 Å². The molecule has 0 radical (unpaired) electrons. The zero-order valence-corrected chi connectivity index (χ0v) is 13.1. The van der Waals surface area contributed by atoms with Crippen LogP contribution in [0.3, 0.4) is 0 Å². The number of hydrogen-bond acceptors (Lipinski definition) is 2. The molecule has 2 aromatic carbocycles. The summed E-state index contributed by atoms with van der Waals surface area (Å²) in [6.07, 6.45) is 0. The minimum atomic E-state index is -0.543. The molecule has 2 aromatic rings. The van der Waals surface area contributed by atoms with Gasteiger partial charge in [0.25, 0.3) is 0 Å². The Kier molecular flexibility index (Phi) is 4.74. The molecule has 98 valence electrons. The summed E-state index contributed by atoms with van der Waals surface area (Å²) >= 11 is 20.9. The Balaban J connectivity index is 2.26. The van der Waals surface area contributed by atoms with Crippen molar-refractivity contribution in [3.8, 4) is 5.75 Å². The number of esters is 1. The van der Waals surface area contributed by atoms with Gasteiger partial charge in [0.15, 0.2) is 5.75 Å². The van der Waals surface area contributed by atoms with Crippen LogP contribution in [0.4, 0.5) is 0 Å². The highest BCUT2D eigenvalue weighted by Gasteiger charge is 2.15. The summed E-state index contributed by atoms with van der Waals surface area (Å²) in [6, 6.07) is 9.65. The number of rotatable bonds is 2. The van der Waals surface area contributed by atoms with Crippen LogP contribution >= 0.6 is 50.7 Å². The number of ether oxygens (including phenoxy) is 1. The highest BCUT2D eigenvalue weighted by Crippen LogP contribution is 2.36. The third-order valence-corrected chi connectivity index (χ3v) is 3.55. The Morgan fingerprint density at radius 3 is 2.05 bits per heavy atom. The molecule has 0 atom stereocenters. The van der Waals surface area contributed by atoms with Crippen LogP contribution in [0, 0.1) is 0 Å². The number of benzene rings is 2. The summed E-state index contributed by atoms with van der Waals surface area (Å²) < 4.78 is 6.05. The van der Waals surface area contributed by atoms with Gasteiger partial charge in [-0.1, -0.05) is 50.7 Å². The molecule has 0 spiro atoms. The molecular weight excluding hydrogens is 374 g/mol. The molecule has 0 fully saturated rings. The molecule has 0 aliphatic carbocycles. The van der Waals surface area contributed by atoms with Crippen LogP contribution in [0.2, 0.25) is 15.1 Å². The Labute approximate surface area is 133 Å². The number of carbonyl (C=O) groups is 1. The van der Waals surface area contributed by atoms with E-state index in [0.29, 0.717) is 10.6 Å². The van der Waals surface area contributed by atoms with Crippen LogP contribution in [0.5, 0.6) is 5.75 Å². The molecule has 0 bridgehead atoms. The average molecular weight is 380 g/mol. The standard InChI is InChI=1S/C13H6BrCl3O2/c14-8-3-1-7(2-4-8)13(18)19-12-10(16)5-9(15)6-11(12)17/h1-6H. The molecule has 0 aromatic heterocycles. The normalized spacial score (nSPS) is 10.3. The van der Waals surface area contributed by atoms with Gasteiger partial charge in [0.1, 0.15) is 0 Å². The molecule has 0 saturated heterocycles. The Hall–Kier alpha value is -0.740. The molecular formula is C13H6BrCl3O2. The number of halogens is 4. The SMILES string of the molecule is O=C(Oc1c(Cl)cc(Cl)cc1Cl)c1ccc(Br)cc1. The van der Waals surface area contributed by atoms with E-state index in [1.807, 2.05) is 0 Å². The van der Waals surface area contributed by atoms with E-state index in [1.54, 1.807) is 24.3 Å². The first-order valence-corrected chi connectivity index (χ1v) is 7.02. The third kappa shape index (κ3) is 3.63. The van der Waals surface area contributed by atoms with Gasteiger partial charge in [-0.2, -0.15) is 0 Å². The fourth-order valence-corrected chi connectivity index (χ4v) is 2.52. The maximum Gasteiger partial charge on any atom is 0.343 e. The van der Waals surface area contributed by atoms with E-state index < -0.39 is 5.97 Å². The predicted octanol–water partition coefficient (Wildman–Crippen LogP) is 5.63. The molecule has 2 rings (SSSR count). The molecule has 0 aliphatic rings. The van der Waals surface area contributed by atoms with Gasteiger partial charge in [0.2, 0.25) is 0 Å². The second-order valence-corrected chi connectivity index (χ2v) is 5.76. The average Bonchev–Trinajstić information content (AvgIpc) is 2.34. The van der Waals surface area contributed by atoms with E-state index in [0.717, 1.165) is 4.47 Å². The maximum atomic E-state index is 11.9. The van der Waals surface area contributed by atoms with Gasteiger partial charge in [0.05, 0.1) is 15.6 Å². The quantitative estimate of drug-likeness (QED) is 0.499. The molecule has 19 heavy (non-hydrogen) atoms. The van der Waals surface area contributed by atoms with Gasteiger partial charge in [-0.05, 0) is 36.4 Å². The number of hydrogen-bond donors (Lipinski definition) is 0. The lowest BCUT2D eigenvalue weighted by atomic mass is 10.2. The molecule has 0 unspecified atom stereocenters. The van der Waals surface area contributed by atoms with Gasteiger partial charge in [-0.25, -0.2) is 4.79 Å². The van der Waals surface area contributed by atoms with E-state index in [2.05, 4.69) is 15.9 Å². The highest BCUT2D eigenvalue weighted by molar-refractivity contribution is 9.10. The van der Waals surface area contributed by atoms with Crippen LogP contribution in [0.1, 0.15) is 10.4 Å². The van der Waals surface area contributed by atoms with Gasteiger partial charge in [-0.3, -0.25) is 0 Å². The summed E-state index contributed by atoms with van der Waals surface area (Å²) in [5, 5.41) is 0.740. The Morgan fingerprint density at radius 1 is 1.00 bits per heavy atom. The molecule has 0 N–H and O–H groups in total. The molecule has 6 heteroatoms. The third-order valence-electron chi connectivity index (χ3n) is 2.24. The van der Waals surface area contributed by atoms with Crippen molar-refractivity contribution < 1.29 is 9.53 Å². The fourth-order valence-electron chi connectivity index (χ4n) is 1.36. The second-order valence-electron chi connectivity index (χ2n) is 3.59. The molecule has 0 heterocycles. The van der Waals surface area contributed by atoms with Crippen LogP contribution in [0.15, 0.2) is 40.9 Å². The monoisotopic (exact) mass is 378 g/mol. The summed E-state index contributed by atoms with van der Waals surface area (Å²) in [5.74, 6) is -0.445. The van der Waals surface area contributed by atoms with E-state index in [4.69, 9.17) is 39.5 Å². The Morgan fingerprint density at radius 2 is 1.53 bits per heavy atom. The van der Waals surface area contributed by atoms with Crippen molar-refractivity contribution >= 4 is 56.7 Å². The van der Waals surface area contributed by atoms with E-state index in [9.17, 15) is 4.79 Å². The van der Waals surface area contributed by atoms with Crippen LogP contribution < -0.4 is 4.74 Å². The van der Waals surface area contributed by atoms with Crippen molar-refractivity contribution in [3.63, 3.8) is 0 Å². The lowest BCUT2D eigenvalue weighted by Gasteiger charge is -2.08. The van der Waals surface area contributed by atoms with Crippen molar-refractivity contribution in [2.24, 2.45) is 0 Å². The fraction of sp³-hybridized carbons (Fsp3) is 0. The van der Waals surface area contributed by atoms with Crippen molar-refractivity contribution in [2.75, 3.05) is 0 Å². The first-order valence-electron chi connectivity index (χ1n) is 5.09.